The number of carbonyl (C=O) groups excluding carboxylic acids is 1. The number of ether oxygens (including phenoxy) is 3. The molecule has 1 amide bonds. The van der Waals surface area contributed by atoms with Gasteiger partial charge < -0.3 is 24.8 Å². The van der Waals surface area contributed by atoms with Crippen molar-refractivity contribution in [3.63, 3.8) is 0 Å². The minimum absolute atomic E-state index is 0.115. The number of aromatic nitrogens is 5. The van der Waals surface area contributed by atoms with Gasteiger partial charge in [-0.1, -0.05) is 0 Å². The van der Waals surface area contributed by atoms with Crippen molar-refractivity contribution in [2.45, 2.75) is 25.8 Å². The number of methoxy groups -OCH3 is 2. The summed E-state index contributed by atoms with van der Waals surface area (Å²) in [5.41, 5.74) is 3.00. The molecule has 6 rings (SSSR count). The quantitative estimate of drug-likeness (QED) is 0.212. The highest BCUT2D eigenvalue weighted by Crippen LogP contribution is 2.39. The second-order valence-corrected chi connectivity index (χ2v) is 10.4. The van der Waals surface area contributed by atoms with Gasteiger partial charge in [0.05, 0.1) is 37.3 Å². The molecule has 1 unspecified atom stereocenters. The summed E-state index contributed by atoms with van der Waals surface area (Å²) in [6.45, 7) is 2.78. The molecule has 226 valence electrons. The van der Waals surface area contributed by atoms with Gasteiger partial charge >= 0.3 is 0 Å². The number of benzene rings is 2. The van der Waals surface area contributed by atoms with Crippen molar-refractivity contribution in [2.24, 2.45) is 0 Å². The molecule has 2 aromatic carbocycles. The van der Waals surface area contributed by atoms with Crippen LogP contribution in [0.1, 0.15) is 18.4 Å². The SMILES string of the molecule is COc1cc2ncnc(Nc3cc(C)c(Oc4ccc5ncnn5c4)cc3OC)c2cc1NC(=O)/C(F)=C\C1CCCN1C. The lowest BCUT2D eigenvalue weighted by molar-refractivity contribution is -0.114. The minimum atomic E-state index is -0.856. The van der Waals surface area contributed by atoms with Crippen molar-refractivity contribution >= 4 is 39.6 Å². The number of nitrogens with one attached hydrogen (secondary N) is 2. The second kappa shape index (κ2) is 12.1. The van der Waals surface area contributed by atoms with Crippen LogP contribution in [-0.2, 0) is 4.79 Å². The summed E-state index contributed by atoms with van der Waals surface area (Å²) >= 11 is 0. The van der Waals surface area contributed by atoms with Gasteiger partial charge in [0.2, 0.25) is 0 Å². The number of likely N-dealkylation sites (tertiary alicyclic amines) is 1. The monoisotopic (exact) mass is 598 g/mol. The Morgan fingerprint density at radius 2 is 1.84 bits per heavy atom. The van der Waals surface area contributed by atoms with Gasteiger partial charge in [-0.25, -0.2) is 23.9 Å². The first-order chi connectivity index (χ1) is 21.3. The molecule has 1 saturated heterocycles. The topological polar surface area (TPSA) is 128 Å². The number of aryl methyl sites for hydroxylation is 1. The third-order valence-electron chi connectivity index (χ3n) is 7.56. The van der Waals surface area contributed by atoms with Crippen LogP contribution in [0.5, 0.6) is 23.0 Å². The number of halogens is 1. The number of likely N-dealkylation sites (N-methyl/N-ethyl adjacent to an activating group) is 1. The van der Waals surface area contributed by atoms with Crippen molar-refractivity contribution in [1.29, 1.82) is 0 Å². The zero-order valence-corrected chi connectivity index (χ0v) is 24.7. The number of hydrogen-bond donors (Lipinski definition) is 2. The Balaban J connectivity index is 1.28. The van der Waals surface area contributed by atoms with Crippen molar-refractivity contribution < 1.29 is 23.4 Å². The van der Waals surface area contributed by atoms with Gasteiger partial charge in [0, 0.05) is 23.6 Å². The molecule has 2 N–H and O–H groups in total. The maximum absolute atomic E-state index is 14.9. The van der Waals surface area contributed by atoms with E-state index in [1.165, 1.54) is 25.8 Å². The molecule has 44 heavy (non-hydrogen) atoms. The summed E-state index contributed by atoms with van der Waals surface area (Å²) < 4.78 is 33.8. The summed E-state index contributed by atoms with van der Waals surface area (Å²) in [5, 5.41) is 10.7. The highest BCUT2D eigenvalue weighted by molar-refractivity contribution is 6.05. The zero-order chi connectivity index (χ0) is 30.8. The highest BCUT2D eigenvalue weighted by Gasteiger charge is 2.22. The van der Waals surface area contributed by atoms with Gasteiger partial charge in [-0.15, -0.1) is 0 Å². The molecular weight excluding hydrogens is 567 g/mol. The van der Waals surface area contributed by atoms with Gasteiger partial charge in [0.15, 0.2) is 11.5 Å². The smallest absolute Gasteiger partial charge is 0.284 e. The van der Waals surface area contributed by atoms with E-state index in [-0.39, 0.29) is 11.7 Å². The van der Waals surface area contributed by atoms with E-state index in [9.17, 15) is 9.18 Å². The number of fused-ring (bicyclic) bond motifs is 2. The van der Waals surface area contributed by atoms with Gasteiger partial charge in [0.1, 0.15) is 41.5 Å². The van der Waals surface area contributed by atoms with E-state index in [4.69, 9.17) is 14.2 Å². The standard InChI is InChI=1S/C31H31FN8O4/c1-18-10-24(28(43-4)14-26(18)44-20-7-8-29-34-17-36-40(29)15-20)37-30-21-12-25(27(42-3)13-23(21)33-16-35-30)38-31(41)22(32)11-19-6-5-9-39(19)2/h7-8,10-17,19H,5-6,9H2,1-4H3,(H,38,41)(H,33,35,37)/b22-11+. The lowest BCUT2D eigenvalue weighted by Gasteiger charge is -2.17. The molecule has 5 aromatic rings. The van der Waals surface area contributed by atoms with E-state index in [0.717, 1.165) is 24.9 Å². The lowest BCUT2D eigenvalue weighted by atomic mass is 10.1. The van der Waals surface area contributed by atoms with Crippen LogP contribution in [0.15, 0.2) is 67.2 Å². The van der Waals surface area contributed by atoms with Crippen LogP contribution in [0.3, 0.4) is 0 Å². The first-order valence-electron chi connectivity index (χ1n) is 14.0. The number of amides is 1. The van der Waals surface area contributed by atoms with E-state index >= 15 is 0 Å². The Hall–Kier alpha value is -5.30. The fourth-order valence-electron chi connectivity index (χ4n) is 5.18. The molecule has 4 heterocycles. The molecule has 13 heteroatoms. The molecule has 0 radical (unpaired) electrons. The van der Waals surface area contributed by atoms with Crippen LogP contribution in [0.25, 0.3) is 16.6 Å². The molecule has 1 fully saturated rings. The van der Waals surface area contributed by atoms with E-state index in [1.807, 2.05) is 37.1 Å². The Morgan fingerprint density at radius 1 is 1.02 bits per heavy atom. The van der Waals surface area contributed by atoms with Crippen molar-refractivity contribution in [3.05, 3.63) is 72.7 Å². The number of rotatable bonds is 9. The summed E-state index contributed by atoms with van der Waals surface area (Å²) in [6.07, 6.45) is 7.76. The first-order valence-corrected chi connectivity index (χ1v) is 14.0. The number of anilines is 3. The van der Waals surface area contributed by atoms with Crippen LogP contribution in [0.4, 0.5) is 21.6 Å². The Morgan fingerprint density at radius 3 is 2.61 bits per heavy atom. The van der Waals surface area contributed by atoms with Crippen molar-refractivity contribution in [3.8, 4) is 23.0 Å². The van der Waals surface area contributed by atoms with Gasteiger partial charge in [-0.05, 0) is 69.3 Å². The van der Waals surface area contributed by atoms with Crippen LogP contribution < -0.4 is 24.8 Å². The average molecular weight is 599 g/mol. The molecule has 0 saturated carbocycles. The van der Waals surface area contributed by atoms with Crippen LogP contribution in [-0.4, -0.2) is 69.2 Å². The first kappa shape index (κ1) is 28.8. The third-order valence-corrected chi connectivity index (χ3v) is 7.56. The average Bonchev–Trinajstić information content (AvgIpc) is 3.66. The maximum atomic E-state index is 14.9. The second-order valence-electron chi connectivity index (χ2n) is 10.4. The maximum Gasteiger partial charge on any atom is 0.284 e. The Labute approximate surface area is 252 Å². The van der Waals surface area contributed by atoms with E-state index in [2.05, 4.69) is 30.7 Å². The fourth-order valence-corrected chi connectivity index (χ4v) is 5.18. The zero-order valence-electron chi connectivity index (χ0n) is 24.7. The van der Waals surface area contributed by atoms with Gasteiger partial charge in [-0.3, -0.25) is 9.69 Å². The van der Waals surface area contributed by atoms with Crippen LogP contribution in [0, 0.1) is 6.92 Å². The predicted octanol–water partition coefficient (Wildman–Crippen LogP) is 5.42. The highest BCUT2D eigenvalue weighted by atomic mass is 19.1. The van der Waals surface area contributed by atoms with Gasteiger partial charge in [0.25, 0.3) is 5.91 Å². The molecule has 1 aliphatic rings. The molecule has 3 aromatic heterocycles. The number of pyridine rings is 1. The van der Waals surface area contributed by atoms with E-state index < -0.39 is 11.7 Å². The number of carbonyl (C=O) groups is 1. The van der Waals surface area contributed by atoms with Crippen molar-refractivity contribution in [2.75, 3.05) is 38.4 Å². The Kier molecular flexibility index (Phi) is 7.94. The van der Waals surface area contributed by atoms with E-state index in [1.54, 1.807) is 36.0 Å². The number of nitrogens with zero attached hydrogens (tertiary/aromatic N) is 6. The molecule has 0 aliphatic carbocycles. The predicted molar refractivity (Wildman–Crippen MR) is 164 cm³/mol. The normalized spacial score (nSPS) is 15.5. The fraction of sp³-hybridized carbons (Fsp3) is 0.258. The van der Waals surface area contributed by atoms with Gasteiger partial charge in [-0.2, -0.15) is 5.10 Å². The third kappa shape index (κ3) is 5.81. The summed E-state index contributed by atoms with van der Waals surface area (Å²) in [7, 11) is 4.94. The number of hydrogen-bond acceptors (Lipinski definition) is 10. The lowest BCUT2D eigenvalue weighted by Crippen LogP contribution is -2.24. The molecule has 0 bridgehead atoms. The molecular formula is C31H31FN8O4. The summed E-state index contributed by atoms with van der Waals surface area (Å²) in [5.74, 6) is 0.751. The minimum Gasteiger partial charge on any atom is -0.494 e. The Bertz CT molecular complexity index is 1890. The summed E-state index contributed by atoms with van der Waals surface area (Å²) in [6, 6.07) is 10.5. The molecule has 12 nitrogen and oxygen atoms in total. The van der Waals surface area contributed by atoms with Crippen LogP contribution in [0.2, 0.25) is 0 Å². The molecule has 1 atom stereocenters. The molecule has 0 spiro atoms. The summed E-state index contributed by atoms with van der Waals surface area (Å²) in [4.78, 5) is 27.8. The van der Waals surface area contributed by atoms with Crippen molar-refractivity contribution in [1.82, 2.24) is 29.5 Å². The molecule has 1 aliphatic heterocycles. The largest absolute Gasteiger partial charge is 0.494 e. The van der Waals surface area contributed by atoms with Crippen LogP contribution >= 0.6 is 0 Å². The van der Waals surface area contributed by atoms with E-state index in [0.29, 0.717) is 51.1 Å².